The zero-order valence-electron chi connectivity index (χ0n) is 11.8. The second kappa shape index (κ2) is 7.25. The molecule has 106 valence electrons. The van der Waals surface area contributed by atoms with Crippen LogP contribution in [0.25, 0.3) is 0 Å². The van der Waals surface area contributed by atoms with E-state index in [1.165, 1.54) is 0 Å². The van der Waals surface area contributed by atoms with Crippen LogP contribution < -0.4 is 0 Å². The van der Waals surface area contributed by atoms with E-state index >= 15 is 0 Å². The van der Waals surface area contributed by atoms with Gasteiger partial charge in [-0.1, -0.05) is 49.0 Å². The Labute approximate surface area is 138 Å². The van der Waals surface area contributed by atoms with Crippen LogP contribution in [0.1, 0.15) is 28.9 Å². The van der Waals surface area contributed by atoms with Crippen molar-refractivity contribution in [1.29, 1.82) is 0 Å². The molecule has 0 unspecified atom stereocenters. The minimum absolute atomic E-state index is 0.0486. The van der Waals surface area contributed by atoms with Crippen LogP contribution in [0.15, 0.2) is 73.1 Å². The third-order valence-corrected chi connectivity index (χ3v) is 4.21. The summed E-state index contributed by atoms with van der Waals surface area (Å²) < 4.78 is 0.933. The minimum atomic E-state index is -0.0797. The van der Waals surface area contributed by atoms with Crippen molar-refractivity contribution in [3.63, 3.8) is 0 Å². The van der Waals surface area contributed by atoms with Crippen LogP contribution in [0.5, 0.6) is 0 Å². The van der Waals surface area contributed by atoms with E-state index in [2.05, 4.69) is 34.9 Å². The number of benzene rings is 2. The van der Waals surface area contributed by atoms with Crippen LogP contribution in [-0.4, -0.2) is 10.8 Å². The van der Waals surface area contributed by atoms with Gasteiger partial charge in [0.25, 0.3) is 5.91 Å². The second-order valence-corrected chi connectivity index (χ2v) is 5.77. The minimum Gasteiger partial charge on any atom is -0.301 e. The molecule has 0 aromatic heterocycles. The van der Waals surface area contributed by atoms with Crippen molar-refractivity contribution < 1.29 is 4.79 Å². The summed E-state index contributed by atoms with van der Waals surface area (Å²) in [6.07, 6.45) is 1.61. The molecule has 3 heteroatoms. The van der Waals surface area contributed by atoms with Crippen molar-refractivity contribution in [3.05, 3.63) is 87.8 Å². The summed E-state index contributed by atoms with van der Waals surface area (Å²) in [5, 5.41) is 0. The largest absolute Gasteiger partial charge is 0.301 e. The molecule has 2 rings (SSSR count). The fourth-order valence-electron chi connectivity index (χ4n) is 2.11. The molecule has 0 fully saturated rings. The molecule has 0 aliphatic heterocycles. The molecule has 0 saturated carbocycles. The molecular formula is C18H16INO. The van der Waals surface area contributed by atoms with E-state index in [4.69, 9.17) is 0 Å². The summed E-state index contributed by atoms with van der Waals surface area (Å²) in [7, 11) is 0. The standard InChI is InChI=1S/C18H16INO/c1-3-13-20(14(2)15-9-5-4-6-10-15)18(21)16-11-7-8-12-17(16)19/h4-14H,1H2,2H3/t14-/m0/s1. The van der Waals surface area contributed by atoms with Crippen LogP contribution in [0.2, 0.25) is 0 Å². The van der Waals surface area contributed by atoms with Gasteiger partial charge in [0.15, 0.2) is 0 Å². The van der Waals surface area contributed by atoms with E-state index < -0.39 is 0 Å². The summed E-state index contributed by atoms with van der Waals surface area (Å²) >= 11 is 2.18. The lowest BCUT2D eigenvalue weighted by Crippen LogP contribution is -2.29. The highest BCUT2D eigenvalue weighted by molar-refractivity contribution is 14.1. The quantitative estimate of drug-likeness (QED) is 0.544. The van der Waals surface area contributed by atoms with E-state index in [9.17, 15) is 4.79 Å². The molecule has 2 nitrogen and oxygen atoms in total. The normalized spacial score (nSPS) is 11.3. The van der Waals surface area contributed by atoms with Gasteiger partial charge in [-0.25, -0.2) is 0 Å². The number of carbonyl (C=O) groups is 1. The molecule has 0 radical (unpaired) electrons. The molecule has 2 aromatic rings. The number of hydrogen-bond donors (Lipinski definition) is 0. The highest BCUT2D eigenvalue weighted by Crippen LogP contribution is 2.24. The Morgan fingerprint density at radius 3 is 2.43 bits per heavy atom. The van der Waals surface area contributed by atoms with Crippen molar-refractivity contribution in [3.8, 4) is 0 Å². The summed E-state index contributed by atoms with van der Waals surface area (Å²) in [6, 6.07) is 17.4. The van der Waals surface area contributed by atoms with E-state index in [0.29, 0.717) is 5.56 Å². The lowest BCUT2D eigenvalue weighted by Gasteiger charge is -2.26. The molecule has 0 N–H and O–H groups in total. The monoisotopic (exact) mass is 389 g/mol. The summed E-state index contributed by atoms with van der Waals surface area (Å²) in [6.45, 7) is 5.60. The maximum atomic E-state index is 12.8. The van der Waals surface area contributed by atoms with Gasteiger partial charge in [0.2, 0.25) is 0 Å². The maximum Gasteiger partial charge on any atom is 0.259 e. The molecule has 0 aliphatic carbocycles. The first-order valence-corrected chi connectivity index (χ1v) is 7.71. The van der Waals surface area contributed by atoms with E-state index in [1.807, 2.05) is 61.5 Å². The Hall–Kier alpha value is -1.84. The van der Waals surface area contributed by atoms with Gasteiger partial charge in [-0.3, -0.25) is 4.79 Å². The maximum absolute atomic E-state index is 12.8. The van der Waals surface area contributed by atoms with E-state index in [0.717, 1.165) is 9.13 Å². The van der Waals surface area contributed by atoms with Crippen LogP contribution in [0.3, 0.4) is 0 Å². The Bertz CT molecular complexity index is 675. The number of carbonyl (C=O) groups excluding carboxylic acids is 1. The van der Waals surface area contributed by atoms with Crippen LogP contribution in [-0.2, 0) is 0 Å². The van der Waals surface area contributed by atoms with E-state index in [1.54, 1.807) is 11.1 Å². The molecule has 1 amide bonds. The lowest BCUT2D eigenvalue weighted by atomic mass is 10.1. The van der Waals surface area contributed by atoms with E-state index in [-0.39, 0.29) is 11.9 Å². The van der Waals surface area contributed by atoms with Crippen molar-refractivity contribution in [1.82, 2.24) is 4.90 Å². The number of nitrogens with zero attached hydrogens (tertiary/aromatic N) is 1. The van der Waals surface area contributed by atoms with Gasteiger partial charge in [-0.15, -0.1) is 5.73 Å². The zero-order valence-corrected chi connectivity index (χ0v) is 13.9. The van der Waals surface area contributed by atoms with Gasteiger partial charge in [0.1, 0.15) is 0 Å². The number of amides is 1. The van der Waals surface area contributed by atoms with Crippen molar-refractivity contribution in [2.45, 2.75) is 13.0 Å². The highest BCUT2D eigenvalue weighted by atomic mass is 127. The summed E-state index contributed by atoms with van der Waals surface area (Å²) in [4.78, 5) is 14.5. The molecule has 0 spiro atoms. The molecule has 1 atom stereocenters. The third-order valence-electron chi connectivity index (χ3n) is 3.27. The van der Waals surface area contributed by atoms with Crippen molar-refractivity contribution in [2.75, 3.05) is 0 Å². The molecule has 0 aliphatic rings. The molecule has 2 aromatic carbocycles. The second-order valence-electron chi connectivity index (χ2n) is 4.61. The average molecular weight is 389 g/mol. The Morgan fingerprint density at radius 1 is 1.19 bits per heavy atom. The van der Waals surface area contributed by atoms with Gasteiger partial charge in [0, 0.05) is 9.77 Å². The zero-order chi connectivity index (χ0) is 15.2. The fraction of sp³-hybridized carbons (Fsp3) is 0.111. The number of halogens is 1. The lowest BCUT2D eigenvalue weighted by molar-refractivity contribution is 0.0777. The van der Waals surface area contributed by atoms with Crippen molar-refractivity contribution >= 4 is 28.5 Å². The fourth-order valence-corrected chi connectivity index (χ4v) is 2.73. The number of hydrogen-bond acceptors (Lipinski definition) is 1. The Kier molecular flexibility index (Phi) is 5.37. The van der Waals surface area contributed by atoms with Gasteiger partial charge in [-0.05, 0) is 47.2 Å². The molecule has 0 heterocycles. The molecule has 0 bridgehead atoms. The van der Waals surface area contributed by atoms with Crippen LogP contribution in [0.4, 0.5) is 0 Å². The first-order chi connectivity index (χ1) is 10.1. The van der Waals surface area contributed by atoms with Gasteiger partial charge in [0.05, 0.1) is 11.6 Å². The van der Waals surface area contributed by atoms with Gasteiger partial charge < -0.3 is 4.90 Å². The SMILES string of the molecule is C=C=CN(C(=O)c1ccccc1I)[C@@H](C)c1ccccc1. The Morgan fingerprint density at radius 2 is 1.81 bits per heavy atom. The summed E-state index contributed by atoms with van der Waals surface area (Å²) in [5.74, 6) is -0.0486. The predicted molar refractivity (Wildman–Crippen MR) is 93.9 cm³/mol. The van der Waals surface area contributed by atoms with Gasteiger partial charge >= 0.3 is 0 Å². The van der Waals surface area contributed by atoms with Crippen LogP contribution >= 0.6 is 22.6 Å². The van der Waals surface area contributed by atoms with Crippen molar-refractivity contribution in [2.24, 2.45) is 0 Å². The smallest absolute Gasteiger partial charge is 0.259 e. The molecular weight excluding hydrogens is 373 g/mol. The topological polar surface area (TPSA) is 20.3 Å². The van der Waals surface area contributed by atoms with Gasteiger partial charge in [-0.2, -0.15) is 0 Å². The average Bonchev–Trinajstić information content (AvgIpc) is 2.52. The Balaban J connectivity index is 2.38. The highest BCUT2D eigenvalue weighted by Gasteiger charge is 2.22. The number of rotatable bonds is 4. The first-order valence-electron chi connectivity index (χ1n) is 6.63. The third kappa shape index (κ3) is 3.63. The molecule has 21 heavy (non-hydrogen) atoms. The first kappa shape index (κ1) is 15.5. The predicted octanol–water partition coefficient (Wildman–Crippen LogP) is 4.79. The summed E-state index contributed by atoms with van der Waals surface area (Å²) in [5.41, 5.74) is 4.48. The molecule has 0 saturated heterocycles. The van der Waals surface area contributed by atoms with Crippen LogP contribution in [0, 0.1) is 3.57 Å².